The molecule has 4 saturated heterocycles. The Hall–Kier alpha value is -4.17. The van der Waals surface area contributed by atoms with Crippen molar-refractivity contribution >= 4 is 144 Å². The van der Waals surface area contributed by atoms with E-state index < -0.39 is 149 Å². The number of nitrogens with two attached hydrogens (primary N) is 3. The Morgan fingerprint density at radius 2 is 0.967 bits per heavy atom. The third-order valence-electron chi connectivity index (χ3n) is 14.4. The maximum atomic E-state index is 14.7. The van der Waals surface area contributed by atoms with Gasteiger partial charge in [0.15, 0.2) is 40.3 Å². The molecule has 0 amide bonds. The number of hydrogen-bond donors (Lipinski definition) is 11. The number of ether oxygens (including phenoxy) is 4. The summed E-state index contributed by atoms with van der Waals surface area (Å²) in [6, 6.07) is 0. The average Bonchev–Trinajstić information content (AvgIpc) is 1.64. The molecular formula is C43H58N17O22P5S5. The second kappa shape index (κ2) is 27.4. The molecule has 4 aliphatic rings. The molecule has 0 spiro atoms. The predicted octanol–water partition coefficient (Wildman–Crippen LogP) is 1.11. The molecular weight excluding hydrogens is 1420 g/mol. The van der Waals surface area contributed by atoms with Crippen LogP contribution in [0, 0.1) is 6.92 Å². The van der Waals surface area contributed by atoms with Gasteiger partial charge in [0.25, 0.3) is 16.7 Å². The molecule has 4 fully saturated rings. The van der Waals surface area contributed by atoms with Crippen molar-refractivity contribution in [3.05, 3.63) is 78.6 Å². The first-order valence-electron chi connectivity index (χ1n) is 27.2. The van der Waals surface area contributed by atoms with Gasteiger partial charge in [-0.3, -0.25) is 56.7 Å². The van der Waals surface area contributed by atoms with Crippen LogP contribution in [-0.2, 0) is 111 Å². The second-order valence-corrected chi connectivity index (χ2v) is 36.1. The van der Waals surface area contributed by atoms with Crippen LogP contribution in [0.25, 0.3) is 33.5 Å². The van der Waals surface area contributed by atoms with Crippen LogP contribution in [0.3, 0.4) is 0 Å². The number of rotatable bonds is 26. The quantitative estimate of drug-likeness (QED) is 0.0267. The van der Waals surface area contributed by atoms with Gasteiger partial charge in [0.2, 0.25) is 11.9 Å². The fraction of sp³-hybridized carbons (Fsp3) is 0.558. The topological polar surface area (TPSA) is 522 Å². The fourth-order valence-electron chi connectivity index (χ4n) is 10.4. The zero-order chi connectivity index (χ0) is 66.0. The Morgan fingerprint density at radius 1 is 0.565 bits per heavy atom. The molecule has 7 aromatic heterocycles. The first-order valence-corrected chi connectivity index (χ1v) is 40.8. The Bertz CT molecular complexity index is 4440. The number of imidazole rings is 3. The molecule has 0 radical (unpaired) electrons. The SMILES string of the molecule is CCOP(O)(=S)O[C@@H]1C[C@H](n2cc(C)c(=O)[nH]c2=O)O[C@@H]1COP(O)(=S)O[C@@H]1C[C@H](n2cnc3c(=O)[nH]c(N)nc32)O[C@@H]1COP(=O)(S)O[C@@H]1C[C@H](n2cnc3c(N)ncnc32)O[C@@H]1COP(O)(=S)O[C@@H]1C[C@H](n2cnc3c(=O)[nH]c(N)nc32)O[C@@H]1COP(C)(O)=S. The van der Waals surface area contributed by atoms with Crippen molar-refractivity contribution in [3.8, 4) is 0 Å². The maximum absolute atomic E-state index is 14.7. The molecule has 5 unspecified atom stereocenters. The highest BCUT2D eigenvalue weighted by Gasteiger charge is 2.48. The number of aromatic nitrogens is 14. The van der Waals surface area contributed by atoms with E-state index in [0.717, 1.165) is 4.57 Å². The minimum absolute atomic E-state index is 0.0162. The van der Waals surface area contributed by atoms with E-state index in [9.17, 15) is 43.3 Å². The normalized spacial score (nSPS) is 28.6. The molecule has 49 heteroatoms. The van der Waals surface area contributed by atoms with Gasteiger partial charge in [-0.2, -0.15) is 9.97 Å². The molecule has 17 atom stereocenters. The van der Waals surface area contributed by atoms with E-state index in [4.69, 9.17) is 124 Å². The van der Waals surface area contributed by atoms with Crippen molar-refractivity contribution in [3.63, 3.8) is 0 Å². The van der Waals surface area contributed by atoms with Crippen molar-refractivity contribution in [1.82, 2.24) is 68.1 Å². The van der Waals surface area contributed by atoms with Gasteiger partial charge < -0.3 is 87.4 Å². The predicted molar refractivity (Wildman–Crippen MR) is 338 cm³/mol. The standard InChI is InChI=1S/C43H58N17O22P5S5/c1-4-70-84(66,89)79-19-5-27(57-9-18(2)38(61)56-43(57)64)75-24(19)11-72-86(68,91)82-22-8-30(60-17-51-33-37(60)53-42(46)55-40(33)63)78-26(22)13-74-87(69,92)81-21-6-28(58-15-49-31-34(44)47-14-48-35(31)58)77-25(21)12-73-85(67,90)80-20-7-29(76-23(20)10-71-83(3,65)88)59-16-50-32-36(59)52-41(45)54-39(32)62/h9,14-17,19-30H,4-8,10-13H2,1-3H3,(H,65,88)(H,66,89)(H,67,90)(H,68,91)(H,69,92)(H2,44,47,48)(H,56,61,64)(H3,45,52,54,62)(H3,46,53,55,63)/t19-,20-,21-,22-,23-,24-,25-,26-,27-,28-,29-,30-,83?,84?,85?,86?,87?/m1/s1. The molecule has 92 heavy (non-hydrogen) atoms. The molecule has 0 aliphatic carbocycles. The lowest BCUT2D eigenvalue weighted by Crippen LogP contribution is -2.33. The summed E-state index contributed by atoms with van der Waals surface area (Å²) in [4.78, 5) is 132. The van der Waals surface area contributed by atoms with Crippen LogP contribution in [-0.4, -0.2) is 176 Å². The molecule has 7 aromatic rings. The van der Waals surface area contributed by atoms with Gasteiger partial charge in [0, 0.05) is 44.1 Å². The van der Waals surface area contributed by atoms with Crippen molar-refractivity contribution in [1.29, 1.82) is 0 Å². The van der Waals surface area contributed by atoms with Crippen molar-refractivity contribution in [2.75, 3.05) is 56.9 Å². The fourth-order valence-corrected chi connectivity index (χ4v) is 17.1. The molecule has 11 heterocycles. The zero-order valence-corrected chi connectivity index (χ0v) is 56.4. The number of fused-ring (bicyclic) bond motifs is 3. The number of aryl methyl sites for hydroxylation is 1. The molecule has 0 saturated carbocycles. The van der Waals surface area contributed by atoms with Crippen LogP contribution >= 0.6 is 45.7 Å². The van der Waals surface area contributed by atoms with Crippen LogP contribution in [0.2, 0.25) is 0 Å². The van der Waals surface area contributed by atoms with Gasteiger partial charge in [-0.25, -0.2) is 34.3 Å². The Labute approximate surface area is 541 Å². The minimum atomic E-state index is -4.64. The van der Waals surface area contributed by atoms with Crippen LogP contribution in [0.5, 0.6) is 0 Å². The van der Waals surface area contributed by atoms with Crippen LogP contribution in [0.15, 0.2) is 50.7 Å². The molecule has 0 bridgehead atoms. The number of anilines is 3. The lowest BCUT2D eigenvalue weighted by molar-refractivity contribution is -0.0530. The largest absolute Gasteiger partial charge is 0.386 e. The number of thiol groups is 1. The van der Waals surface area contributed by atoms with Gasteiger partial charge in [-0.15, -0.1) is 0 Å². The summed E-state index contributed by atoms with van der Waals surface area (Å²) in [5.41, 5.74) is 15.6. The van der Waals surface area contributed by atoms with Crippen molar-refractivity contribution in [2.45, 2.75) is 113 Å². The second-order valence-electron chi connectivity index (χ2n) is 20.9. The van der Waals surface area contributed by atoms with E-state index in [-0.39, 0.29) is 95.7 Å². The minimum Gasteiger partial charge on any atom is -0.382 e. The molecule has 4 aliphatic heterocycles. The lowest BCUT2D eigenvalue weighted by Gasteiger charge is -2.27. The summed E-state index contributed by atoms with van der Waals surface area (Å²) < 4.78 is 97.9. The highest BCUT2D eigenvalue weighted by atomic mass is 32.7. The van der Waals surface area contributed by atoms with E-state index in [1.54, 1.807) is 6.92 Å². The van der Waals surface area contributed by atoms with Crippen LogP contribution in [0.4, 0.5) is 17.7 Å². The highest BCUT2D eigenvalue weighted by molar-refractivity contribution is 8.44. The number of nitrogens with one attached hydrogen (secondary N) is 3. The summed E-state index contributed by atoms with van der Waals surface area (Å²) >= 11 is 25.7. The monoisotopic (exact) mass is 1480 g/mol. The molecule has 502 valence electrons. The smallest absolute Gasteiger partial charge is 0.382 e. The van der Waals surface area contributed by atoms with Gasteiger partial charge in [0.1, 0.15) is 67.3 Å². The van der Waals surface area contributed by atoms with Gasteiger partial charge in [-0.1, -0.05) is 12.2 Å². The average molecular weight is 1480 g/mol. The lowest BCUT2D eigenvalue weighted by atomic mass is 10.2. The number of H-pyrrole nitrogens is 3. The number of aromatic amines is 3. The van der Waals surface area contributed by atoms with Gasteiger partial charge in [0.05, 0.1) is 70.3 Å². The third kappa shape index (κ3) is 15.9. The summed E-state index contributed by atoms with van der Waals surface area (Å²) in [6.45, 7) is -18.6. The first kappa shape index (κ1) is 69.2. The summed E-state index contributed by atoms with van der Waals surface area (Å²) in [5.74, 6) is -0.401. The summed E-state index contributed by atoms with van der Waals surface area (Å²) in [5, 5.41) is 0. The number of nitrogens with zero attached hydrogens (tertiary/aromatic N) is 11. The molecule has 0 aromatic carbocycles. The van der Waals surface area contributed by atoms with E-state index in [1.807, 2.05) is 0 Å². The summed E-state index contributed by atoms with van der Waals surface area (Å²) in [7, 11) is 0. The Balaban J connectivity index is 0.813. The van der Waals surface area contributed by atoms with Crippen molar-refractivity contribution in [2.24, 2.45) is 0 Å². The van der Waals surface area contributed by atoms with E-state index >= 15 is 0 Å². The van der Waals surface area contributed by atoms with Crippen LogP contribution < -0.4 is 39.6 Å². The van der Waals surface area contributed by atoms with E-state index in [2.05, 4.69) is 62.1 Å². The van der Waals surface area contributed by atoms with Crippen molar-refractivity contribution < 1.29 is 83.8 Å². The summed E-state index contributed by atoms with van der Waals surface area (Å²) in [6.07, 6.45) is -8.16. The van der Waals surface area contributed by atoms with Crippen LogP contribution in [0.1, 0.15) is 63.1 Å². The van der Waals surface area contributed by atoms with E-state index in [0.29, 0.717) is 0 Å². The molecule has 39 nitrogen and oxygen atoms in total. The molecule has 11 rings (SSSR count). The Kier molecular flexibility index (Phi) is 20.6. The zero-order valence-electron chi connectivity index (χ0n) is 47.8. The maximum Gasteiger partial charge on any atom is 0.386 e. The first-order chi connectivity index (χ1) is 43.3. The molecule has 13 N–H and O–H groups in total. The number of hydrogen-bond acceptors (Lipinski definition) is 32. The van der Waals surface area contributed by atoms with Gasteiger partial charge >= 0.3 is 32.6 Å². The van der Waals surface area contributed by atoms with E-state index in [1.165, 1.54) is 58.8 Å². The number of nitrogen functional groups attached to an aromatic ring is 3. The highest BCUT2D eigenvalue weighted by Crippen LogP contribution is 2.59. The van der Waals surface area contributed by atoms with Gasteiger partial charge in [-0.05, 0) is 61.1 Å². The third-order valence-corrected chi connectivity index (χ3v) is 21.9. The Morgan fingerprint density at radius 3 is 1.42 bits per heavy atom.